The Morgan fingerprint density at radius 1 is 1.23 bits per heavy atom. The molecule has 7 heteroatoms. The van der Waals surface area contributed by atoms with E-state index in [1.54, 1.807) is 30.4 Å². The number of amides is 1. The molecule has 5 nitrogen and oxygen atoms in total. The van der Waals surface area contributed by atoms with Gasteiger partial charge in [-0.2, -0.15) is 0 Å². The van der Waals surface area contributed by atoms with Crippen molar-refractivity contribution in [2.45, 2.75) is 18.7 Å². The van der Waals surface area contributed by atoms with Gasteiger partial charge in [-0.3, -0.25) is 4.79 Å². The van der Waals surface area contributed by atoms with Crippen LogP contribution in [0.25, 0.3) is 6.08 Å². The number of thiophene rings is 1. The molecule has 0 unspecified atom stereocenters. The number of carbonyl (C=O) groups is 1. The Hall–Kier alpha value is -1.96. The number of benzene rings is 1. The maximum absolute atomic E-state index is 11.9. The third-order valence-electron chi connectivity index (χ3n) is 3.01. The van der Waals surface area contributed by atoms with Gasteiger partial charge in [0.05, 0.1) is 4.90 Å². The maximum Gasteiger partial charge on any atom is 0.248 e. The van der Waals surface area contributed by atoms with Crippen LogP contribution in [-0.2, 0) is 14.8 Å². The van der Waals surface area contributed by atoms with E-state index in [0.717, 1.165) is 9.75 Å². The molecule has 0 atom stereocenters. The molecule has 1 aromatic carbocycles. The summed E-state index contributed by atoms with van der Waals surface area (Å²) in [5.41, 5.74) is 0.835. The standard InChI is InChI=1S/C15H16N2O3S2/c1-10-6-7-12(21-10)8-9-15(18)17-13-4-3-5-14(11(13)2)22(16,19)20/h3-9H,1-2H3,(H,17,18)(H2,16,19,20)/b9-8+. The summed E-state index contributed by atoms with van der Waals surface area (Å²) in [7, 11) is -3.81. The molecule has 22 heavy (non-hydrogen) atoms. The van der Waals surface area contributed by atoms with Crippen molar-refractivity contribution < 1.29 is 13.2 Å². The third kappa shape index (κ3) is 4.03. The van der Waals surface area contributed by atoms with E-state index in [4.69, 9.17) is 5.14 Å². The van der Waals surface area contributed by atoms with Crippen LogP contribution in [0.3, 0.4) is 0 Å². The van der Waals surface area contributed by atoms with Crippen molar-refractivity contribution in [3.8, 4) is 0 Å². The average Bonchev–Trinajstić information content (AvgIpc) is 2.83. The fourth-order valence-corrected chi connectivity index (χ4v) is 3.52. The van der Waals surface area contributed by atoms with E-state index >= 15 is 0 Å². The van der Waals surface area contributed by atoms with Gasteiger partial charge in [-0.05, 0) is 49.8 Å². The summed E-state index contributed by atoms with van der Waals surface area (Å²) in [4.78, 5) is 14.1. The minimum Gasteiger partial charge on any atom is -0.322 e. The van der Waals surface area contributed by atoms with Crippen molar-refractivity contribution in [3.63, 3.8) is 0 Å². The van der Waals surface area contributed by atoms with Crippen LogP contribution in [0.1, 0.15) is 15.3 Å². The lowest BCUT2D eigenvalue weighted by molar-refractivity contribution is -0.111. The SMILES string of the molecule is Cc1ccc(/C=C/C(=O)Nc2cccc(S(N)(=O)=O)c2C)s1. The fourth-order valence-electron chi connectivity index (χ4n) is 1.93. The molecule has 1 amide bonds. The maximum atomic E-state index is 11.9. The Labute approximate surface area is 133 Å². The van der Waals surface area contributed by atoms with Crippen LogP contribution in [0, 0.1) is 13.8 Å². The molecule has 1 aromatic heterocycles. The summed E-state index contributed by atoms with van der Waals surface area (Å²) in [6, 6.07) is 8.48. The van der Waals surface area contributed by atoms with Gasteiger partial charge >= 0.3 is 0 Å². The van der Waals surface area contributed by atoms with E-state index in [0.29, 0.717) is 11.3 Å². The molecule has 0 aliphatic heterocycles. The molecular formula is C15H16N2O3S2. The average molecular weight is 336 g/mol. The highest BCUT2D eigenvalue weighted by Crippen LogP contribution is 2.22. The normalized spacial score (nSPS) is 11.8. The van der Waals surface area contributed by atoms with Gasteiger partial charge in [0.2, 0.25) is 15.9 Å². The second-order valence-electron chi connectivity index (χ2n) is 4.74. The number of carbonyl (C=O) groups excluding carboxylic acids is 1. The molecule has 1 heterocycles. The summed E-state index contributed by atoms with van der Waals surface area (Å²) in [5.74, 6) is -0.333. The van der Waals surface area contributed by atoms with Gasteiger partial charge in [0.1, 0.15) is 0 Å². The zero-order chi connectivity index (χ0) is 16.3. The van der Waals surface area contributed by atoms with Gasteiger partial charge in [0, 0.05) is 21.5 Å². The lowest BCUT2D eigenvalue weighted by Gasteiger charge is -2.09. The van der Waals surface area contributed by atoms with E-state index in [1.165, 1.54) is 18.2 Å². The van der Waals surface area contributed by atoms with Crippen molar-refractivity contribution in [3.05, 3.63) is 51.7 Å². The summed E-state index contributed by atoms with van der Waals surface area (Å²) < 4.78 is 22.9. The van der Waals surface area contributed by atoms with Crippen LogP contribution >= 0.6 is 11.3 Å². The van der Waals surface area contributed by atoms with E-state index < -0.39 is 10.0 Å². The highest BCUT2D eigenvalue weighted by atomic mass is 32.2. The van der Waals surface area contributed by atoms with Crippen molar-refractivity contribution in [1.29, 1.82) is 0 Å². The number of hydrogen-bond donors (Lipinski definition) is 2. The predicted molar refractivity (Wildman–Crippen MR) is 89.3 cm³/mol. The Bertz CT molecular complexity index is 836. The number of aryl methyl sites for hydroxylation is 1. The molecule has 0 fully saturated rings. The Kier molecular flexibility index (Phi) is 4.80. The molecule has 0 saturated heterocycles. The molecular weight excluding hydrogens is 320 g/mol. The van der Waals surface area contributed by atoms with Crippen LogP contribution < -0.4 is 10.5 Å². The number of nitrogens with two attached hydrogens (primary N) is 1. The topological polar surface area (TPSA) is 89.3 Å². The van der Waals surface area contributed by atoms with Gasteiger partial charge in [-0.15, -0.1) is 11.3 Å². The van der Waals surface area contributed by atoms with Crippen LogP contribution in [0.5, 0.6) is 0 Å². The number of sulfonamides is 1. The van der Waals surface area contributed by atoms with Crippen molar-refractivity contribution in [2.24, 2.45) is 5.14 Å². The first-order valence-corrected chi connectivity index (χ1v) is 8.81. The molecule has 0 aliphatic rings. The Balaban J connectivity index is 2.17. The first-order chi connectivity index (χ1) is 10.3. The van der Waals surface area contributed by atoms with Crippen LogP contribution in [-0.4, -0.2) is 14.3 Å². The molecule has 0 saturated carbocycles. The van der Waals surface area contributed by atoms with Crippen LogP contribution in [0.4, 0.5) is 5.69 Å². The lowest BCUT2D eigenvalue weighted by atomic mass is 10.2. The molecule has 0 radical (unpaired) electrons. The van der Waals surface area contributed by atoms with Gasteiger partial charge in [0.25, 0.3) is 0 Å². The zero-order valence-corrected chi connectivity index (χ0v) is 13.8. The Morgan fingerprint density at radius 3 is 2.55 bits per heavy atom. The summed E-state index contributed by atoms with van der Waals surface area (Å²) in [5, 5.41) is 7.80. The minimum absolute atomic E-state index is 0.00293. The Morgan fingerprint density at radius 2 is 1.95 bits per heavy atom. The lowest BCUT2D eigenvalue weighted by Crippen LogP contribution is -2.16. The van der Waals surface area contributed by atoms with Crippen molar-refractivity contribution in [1.82, 2.24) is 0 Å². The molecule has 0 bridgehead atoms. The van der Waals surface area contributed by atoms with E-state index in [9.17, 15) is 13.2 Å². The fraction of sp³-hybridized carbons (Fsp3) is 0.133. The zero-order valence-electron chi connectivity index (χ0n) is 12.2. The highest BCUT2D eigenvalue weighted by Gasteiger charge is 2.14. The van der Waals surface area contributed by atoms with E-state index in [1.807, 2.05) is 19.1 Å². The molecule has 2 aromatic rings. The van der Waals surface area contributed by atoms with Gasteiger partial charge in [-0.25, -0.2) is 13.6 Å². The van der Waals surface area contributed by atoms with E-state index in [-0.39, 0.29) is 10.8 Å². The quantitative estimate of drug-likeness (QED) is 0.841. The first-order valence-electron chi connectivity index (χ1n) is 6.45. The molecule has 0 aliphatic carbocycles. The minimum atomic E-state index is -3.81. The smallest absolute Gasteiger partial charge is 0.248 e. The van der Waals surface area contributed by atoms with Gasteiger partial charge in [0.15, 0.2) is 0 Å². The van der Waals surface area contributed by atoms with Crippen LogP contribution in [0.15, 0.2) is 41.3 Å². The number of primary sulfonamides is 1. The summed E-state index contributed by atoms with van der Waals surface area (Å²) in [6.07, 6.45) is 3.13. The van der Waals surface area contributed by atoms with Crippen LogP contribution in [0.2, 0.25) is 0 Å². The molecule has 3 N–H and O–H groups in total. The second-order valence-corrected chi connectivity index (χ2v) is 7.59. The first kappa shape index (κ1) is 16.4. The number of rotatable bonds is 4. The predicted octanol–water partition coefficient (Wildman–Crippen LogP) is 2.66. The van der Waals surface area contributed by atoms with Gasteiger partial charge < -0.3 is 5.32 Å². The highest BCUT2D eigenvalue weighted by molar-refractivity contribution is 7.89. The summed E-state index contributed by atoms with van der Waals surface area (Å²) in [6.45, 7) is 3.59. The van der Waals surface area contributed by atoms with Gasteiger partial charge in [-0.1, -0.05) is 6.07 Å². The van der Waals surface area contributed by atoms with Crippen molar-refractivity contribution in [2.75, 3.05) is 5.32 Å². The monoisotopic (exact) mass is 336 g/mol. The largest absolute Gasteiger partial charge is 0.322 e. The van der Waals surface area contributed by atoms with E-state index in [2.05, 4.69) is 5.32 Å². The number of hydrogen-bond acceptors (Lipinski definition) is 4. The molecule has 2 rings (SSSR count). The molecule has 116 valence electrons. The van der Waals surface area contributed by atoms with Crippen molar-refractivity contribution >= 4 is 39.0 Å². The molecule has 0 spiro atoms. The summed E-state index contributed by atoms with van der Waals surface area (Å²) >= 11 is 1.58. The number of nitrogens with one attached hydrogen (secondary N) is 1. The third-order valence-corrected chi connectivity index (χ3v) is 5.03. The second kappa shape index (κ2) is 6.43. The number of anilines is 1.